The quantitative estimate of drug-likeness (QED) is 0.796. The second-order valence-corrected chi connectivity index (χ2v) is 6.51. The molecule has 1 saturated heterocycles. The van der Waals surface area contributed by atoms with Gasteiger partial charge in [-0.05, 0) is 38.2 Å². The van der Waals surface area contributed by atoms with Gasteiger partial charge in [-0.3, -0.25) is 4.79 Å². The summed E-state index contributed by atoms with van der Waals surface area (Å²) in [4.78, 5) is 16.5. The molecule has 2 N–H and O–H groups in total. The molecular weight excluding hydrogens is 296 g/mol. The van der Waals surface area contributed by atoms with E-state index < -0.39 is 0 Å². The lowest BCUT2D eigenvalue weighted by Gasteiger charge is -2.27. The van der Waals surface area contributed by atoms with Crippen LogP contribution >= 0.6 is 0 Å². The summed E-state index contributed by atoms with van der Waals surface area (Å²) in [5.41, 5.74) is 0.398. The van der Waals surface area contributed by atoms with Gasteiger partial charge < -0.3 is 19.9 Å². The number of carbonyl (C=O) groups excluding carboxylic acids is 1. The minimum Gasteiger partial charge on any atom is -0.474 e. The maximum atomic E-state index is 12.4. The highest BCUT2D eigenvalue weighted by Crippen LogP contribution is 2.31. The van der Waals surface area contributed by atoms with E-state index in [1.165, 1.54) is 6.42 Å². The second kappa shape index (κ2) is 7.27. The van der Waals surface area contributed by atoms with Crippen molar-refractivity contribution in [2.24, 2.45) is 5.41 Å². The third kappa shape index (κ3) is 4.00. The molecule has 2 heterocycles. The maximum Gasteiger partial charge on any atom is 0.251 e. The van der Waals surface area contributed by atoms with Crippen LogP contribution in [0.2, 0.25) is 0 Å². The van der Waals surface area contributed by atoms with Crippen LogP contribution in [0.1, 0.15) is 42.5 Å². The summed E-state index contributed by atoms with van der Waals surface area (Å²) in [6, 6.07) is 3.38. The van der Waals surface area contributed by atoms with Gasteiger partial charge in [0.2, 0.25) is 5.88 Å². The molecule has 2 aliphatic rings. The molecule has 126 valence electrons. The number of hydrogen-bond donors (Lipinski definition) is 2. The first-order valence-corrected chi connectivity index (χ1v) is 8.30. The molecule has 1 aliphatic carbocycles. The van der Waals surface area contributed by atoms with Crippen molar-refractivity contribution in [2.45, 2.75) is 38.2 Å². The summed E-state index contributed by atoms with van der Waals surface area (Å²) in [7, 11) is 0. The molecule has 1 amide bonds. The number of pyridine rings is 1. The molecule has 0 aromatic carbocycles. The van der Waals surface area contributed by atoms with Crippen LogP contribution in [-0.4, -0.2) is 48.5 Å². The van der Waals surface area contributed by atoms with Gasteiger partial charge in [0.1, 0.15) is 6.10 Å². The zero-order valence-corrected chi connectivity index (χ0v) is 13.3. The van der Waals surface area contributed by atoms with E-state index in [1.807, 2.05) is 0 Å². The van der Waals surface area contributed by atoms with Gasteiger partial charge >= 0.3 is 0 Å². The minimum absolute atomic E-state index is 0.105. The van der Waals surface area contributed by atoms with Gasteiger partial charge in [-0.25, -0.2) is 4.98 Å². The third-order valence-electron chi connectivity index (χ3n) is 4.79. The van der Waals surface area contributed by atoms with Gasteiger partial charge in [-0.2, -0.15) is 0 Å². The van der Waals surface area contributed by atoms with Crippen molar-refractivity contribution >= 4 is 5.91 Å². The lowest BCUT2D eigenvalue weighted by atomic mass is 9.84. The van der Waals surface area contributed by atoms with Crippen molar-refractivity contribution in [2.75, 3.05) is 26.4 Å². The number of hydrogen-bond acceptors (Lipinski definition) is 5. The highest BCUT2D eigenvalue weighted by molar-refractivity contribution is 5.94. The summed E-state index contributed by atoms with van der Waals surface area (Å²) < 4.78 is 11.2. The Kier molecular flexibility index (Phi) is 5.13. The molecule has 0 radical (unpaired) electrons. The van der Waals surface area contributed by atoms with Crippen LogP contribution < -0.4 is 10.1 Å². The molecule has 1 aliphatic heterocycles. The van der Waals surface area contributed by atoms with E-state index >= 15 is 0 Å². The molecule has 0 bridgehead atoms. The van der Waals surface area contributed by atoms with E-state index in [0.717, 1.165) is 19.3 Å². The third-order valence-corrected chi connectivity index (χ3v) is 4.79. The SMILES string of the molecule is O=C(NCC1(CCO)CCOC1)c1ccnc(OC2CCC2)c1. The molecule has 1 atom stereocenters. The maximum absolute atomic E-state index is 12.4. The number of aliphatic hydroxyl groups excluding tert-OH is 1. The van der Waals surface area contributed by atoms with Crippen molar-refractivity contribution in [3.63, 3.8) is 0 Å². The first-order chi connectivity index (χ1) is 11.2. The fourth-order valence-electron chi connectivity index (χ4n) is 2.96. The predicted octanol–water partition coefficient (Wildman–Crippen LogP) is 1.53. The number of ether oxygens (including phenoxy) is 2. The van der Waals surface area contributed by atoms with E-state index in [1.54, 1.807) is 18.3 Å². The molecule has 3 rings (SSSR count). The van der Waals surface area contributed by atoms with E-state index in [0.29, 0.717) is 37.6 Å². The number of carbonyl (C=O) groups is 1. The standard InChI is InChI=1S/C17H24N2O4/c20-8-5-17(6-9-22-12-17)11-19-16(21)13-4-7-18-15(10-13)23-14-2-1-3-14/h4,7,10,14,20H,1-3,5-6,8-9,11-12H2,(H,19,21). The highest BCUT2D eigenvalue weighted by atomic mass is 16.5. The Morgan fingerprint density at radius 2 is 2.39 bits per heavy atom. The van der Waals surface area contributed by atoms with Gasteiger partial charge in [0.25, 0.3) is 5.91 Å². The average molecular weight is 320 g/mol. The monoisotopic (exact) mass is 320 g/mol. The molecule has 0 spiro atoms. The number of aromatic nitrogens is 1. The van der Waals surface area contributed by atoms with E-state index in [4.69, 9.17) is 9.47 Å². The fourth-order valence-corrected chi connectivity index (χ4v) is 2.96. The topological polar surface area (TPSA) is 80.7 Å². The molecule has 1 aromatic heterocycles. The normalized spacial score (nSPS) is 24.2. The summed E-state index contributed by atoms with van der Waals surface area (Å²) in [6.45, 7) is 1.88. The largest absolute Gasteiger partial charge is 0.474 e. The van der Waals surface area contributed by atoms with E-state index in [9.17, 15) is 9.90 Å². The molecule has 2 fully saturated rings. The van der Waals surface area contributed by atoms with Gasteiger partial charge in [0.15, 0.2) is 0 Å². The number of nitrogens with one attached hydrogen (secondary N) is 1. The van der Waals surface area contributed by atoms with Crippen LogP contribution in [0.25, 0.3) is 0 Å². The van der Waals surface area contributed by atoms with Crippen LogP contribution in [0, 0.1) is 5.41 Å². The van der Waals surface area contributed by atoms with Gasteiger partial charge in [-0.1, -0.05) is 0 Å². The first kappa shape index (κ1) is 16.2. The van der Waals surface area contributed by atoms with Crippen LogP contribution in [0.15, 0.2) is 18.3 Å². The molecule has 1 aromatic rings. The van der Waals surface area contributed by atoms with E-state index in [-0.39, 0.29) is 24.0 Å². The summed E-state index contributed by atoms with van der Waals surface area (Å²) in [5, 5.41) is 12.2. The zero-order valence-electron chi connectivity index (χ0n) is 13.3. The van der Waals surface area contributed by atoms with Gasteiger partial charge in [0.05, 0.1) is 6.61 Å². The zero-order chi connectivity index (χ0) is 16.1. The summed E-state index contributed by atoms with van der Waals surface area (Å²) in [5.74, 6) is 0.367. The van der Waals surface area contributed by atoms with Crippen LogP contribution in [0.4, 0.5) is 0 Å². The number of amides is 1. The fraction of sp³-hybridized carbons (Fsp3) is 0.647. The summed E-state index contributed by atoms with van der Waals surface area (Å²) in [6.07, 6.45) is 6.65. The van der Waals surface area contributed by atoms with Crippen LogP contribution in [0.5, 0.6) is 5.88 Å². The second-order valence-electron chi connectivity index (χ2n) is 6.51. The van der Waals surface area contributed by atoms with E-state index in [2.05, 4.69) is 10.3 Å². The number of aliphatic hydroxyl groups is 1. The van der Waals surface area contributed by atoms with Crippen molar-refractivity contribution in [3.05, 3.63) is 23.9 Å². The Balaban J connectivity index is 1.57. The smallest absolute Gasteiger partial charge is 0.251 e. The Bertz CT molecular complexity index is 539. The van der Waals surface area contributed by atoms with Gasteiger partial charge in [-0.15, -0.1) is 0 Å². The molecule has 23 heavy (non-hydrogen) atoms. The average Bonchev–Trinajstić information content (AvgIpc) is 2.98. The van der Waals surface area contributed by atoms with Crippen molar-refractivity contribution in [1.29, 1.82) is 0 Å². The lowest BCUT2D eigenvalue weighted by Crippen LogP contribution is -2.38. The first-order valence-electron chi connectivity index (χ1n) is 8.30. The van der Waals surface area contributed by atoms with Crippen LogP contribution in [-0.2, 0) is 4.74 Å². The molecular formula is C17H24N2O4. The number of rotatable bonds is 7. The lowest BCUT2D eigenvalue weighted by molar-refractivity contribution is 0.0886. The van der Waals surface area contributed by atoms with Crippen molar-refractivity contribution in [1.82, 2.24) is 10.3 Å². The molecule has 6 heteroatoms. The molecule has 6 nitrogen and oxygen atoms in total. The minimum atomic E-state index is -0.150. The van der Waals surface area contributed by atoms with Crippen molar-refractivity contribution < 1.29 is 19.4 Å². The highest BCUT2D eigenvalue weighted by Gasteiger charge is 2.34. The Labute approximate surface area is 136 Å². The number of nitrogens with zero attached hydrogens (tertiary/aromatic N) is 1. The predicted molar refractivity (Wildman–Crippen MR) is 84.4 cm³/mol. The molecule has 1 unspecified atom stereocenters. The summed E-state index contributed by atoms with van der Waals surface area (Å²) >= 11 is 0. The van der Waals surface area contributed by atoms with Crippen LogP contribution in [0.3, 0.4) is 0 Å². The van der Waals surface area contributed by atoms with Gasteiger partial charge in [0, 0.05) is 43.0 Å². The molecule has 1 saturated carbocycles. The Morgan fingerprint density at radius 1 is 1.52 bits per heavy atom. The van der Waals surface area contributed by atoms with Crippen molar-refractivity contribution in [3.8, 4) is 5.88 Å². The Morgan fingerprint density at radius 3 is 3.04 bits per heavy atom. The Hall–Kier alpha value is -1.66.